The van der Waals surface area contributed by atoms with Gasteiger partial charge in [0.25, 0.3) is 0 Å². The molecular weight excluding hydrogens is 190 g/mol. The molecule has 15 heavy (non-hydrogen) atoms. The normalized spacial score (nSPS) is 9.87. The molecule has 0 aliphatic carbocycles. The van der Waals surface area contributed by atoms with Gasteiger partial charge in [-0.15, -0.1) is 0 Å². The Bertz CT molecular complexity index is 396. The molecule has 0 aromatic heterocycles. The molecule has 0 bridgehead atoms. The number of carbonyl (C=O) groups excluding carboxylic acids is 2. The van der Waals surface area contributed by atoms with Crippen LogP contribution in [0.1, 0.15) is 25.0 Å². The van der Waals surface area contributed by atoms with Gasteiger partial charge in [-0.3, -0.25) is 14.5 Å². The first-order chi connectivity index (χ1) is 6.93. The number of amides is 2. The number of anilines is 1. The number of imide groups is 1. The predicted octanol–water partition coefficient (Wildman–Crippen LogP) is 2.20. The van der Waals surface area contributed by atoms with E-state index >= 15 is 0 Å². The van der Waals surface area contributed by atoms with Crippen LogP contribution in [0.2, 0.25) is 0 Å². The summed E-state index contributed by atoms with van der Waals surface area (Å²) in [5, 5.41) is 0. The smallest absolute Gasteiger partial charge is 0.230 e. The number of carbonyl (C=O) groups is 2. The molecule has 0 N–H and O–H groups in total. The van der Waals surface area contributed by atoms with E-state index in [9.17, 15) is 9.59 Å². The Kier molecular flexibility index (Phi) is 3.24. The average molecular weight is 205 g/mol. The molecule has 0 radical (unpaired) electrons. The molecule has 80 valence electrons. The summed E-state index contributed by atoms with van der Waals surface area (Å²) in [6.07, 6.45) is 0. The van der Waals surface area contributed by atoms with Crippen molar-refractivity contribution < 1.29 is 9.59 Å². The number of rotatable bonds is 1. The van der Waals surface area contributed by atoms with Gasteiger partial charge in [0.1, 0.15) is 0 Å². The molecule has 0 unspecified atom stereocenters. The maximum atomic E-state index is 11.3. The van der Waals surface area contributed by atoms with Crippen LogP contribution in [0.25, 0.3) is 0 Å². The quantitative estimate of drug-likeness (QED) is 0.704. The molecular formula is C12H15NO2. The van der Waals surface area contributed by atoms with Crippen molar-refractivity contribution in [2.75, 3.05) is 4.90 Å². The van der Waals surface area contributed by atoms with Crippen molar-refractivity contribution in [1.82, 2.24) is 0 Å². The molecule has 0 spiro atoms. The average Bonchev–Trinajstić information content (AvgIpc) is 2.10. The summed E-state index contributed by atoms with van der Waals surface area (Å²) >= 11 is 0. The molecule has 3 heteroatoms. The van der Waals surface area contributed by atoms with Crippen molar-refractivity contribution in [1.29, 1.82) is 0 Å². The van der Waals surface area contributed by atoms with Crippen molar-refractivity contribution in [3.63, 3.8) is 0 Å². The molecule has 0 saturated carbocycles. The highest BCUT2D eigenvalue weighted by Crippen LogP contribution is 2.19. The lowest BCUT2D eigenvalue weighted by Crippen LogP contribution is -2.33. The van der Waals surface area contributed by atoms with Gasteiger partial charge < -0.3 is 0 Å². The third-order valence-corrected chi connectivity index (χ3v) is 2.38. The fourth-order valence-electron chi connectivity index (χ4n) is 1.45. The minimum atomic E-state index is -0.259. The maximum Gasteiger partial charge on any atom is 0.230 e. The van der Waals surface area contributed by atoms with E-state index < -0.39 is 0 Å². The van der Waals surface area contributed by atoms with Crippen LogP contribution in [0.5, 0.6) is 0 Å². The summed E-state index contributed by atoms with van der Waals surface area (Å²) in [6.45, 7) is 6.72. The van der Waals surface area contributed by atoms with E-state index in [4.69, 9.17) is 0 Å². The van der Waals surface area contributed by atoms with E-state index in [-0.39, 0.29) is 11.8 Å². The van der Waals surface area contributed by atoms with Crippen LogP contribution in [0, 0.1) is 13.8 Å². The van der Waals surface area contributed by atoms with E-state index in [1.807, 2.05) is 26.0 Å². The summed E-state index contributed by atoms with van der Waals surface area (Å²) in [7, 11) is 0. The van der Waals surface area contributed by atoms with Crippen molar-refractivity contribution in [3.05, 3.63) is 29.3 Å². The second kappa shape index (κ2) is 4.26. The Hall–Kier alpha value is -1.64. The van der Waals surface area contributed by atoms with Crippen molar-refractivity contribution in [2.24, 2.45) is 0 Å². The topological polar surface area (TPSA) is 37.4 Å². The molecule has 2 amide bonds. The lowest BCUT2D eigenvalue weighted by molar-refractivity contribution is -0.124. The number of hydrogen-bond donors (Lipinski definition) is 0. The highest BCUT2D eigenvalue weighted by atomic mass is 16.2. The Labute approximate surface area is 89.7 Å². The Morgan fingerprint density at radius 1 is 1.00 bits per heavy atom. The second-order valence-corrected chi connectivity index (χ2v) is 3.64. The first-order valence-electron chi connectivity index (χ1n) is 4.82. The van der Waals surface area contributed by atoms with Crippen LogP contribution in [0.15, 0.2) is 18.2 Å². The Morgan fingerprint density at radius 3 is 1.93 bits per heavy atom. The van der Waals surface area contributed by atoms with Gasteiger partial charge in [-0.1, -0.05) is 6.07 Å². The van der Waals surface area contributed by atoms with Gasteiger partial charge in [0.05, 0.1) is 5.69 Å². The second-order valence-electron chi connectivity index (χ2n) is 3.64. The predicted molar refractivity (Wildman–Crippen MR) is 59.8 cm³/mol. The van der Waals surface area contributed by atoms with Gasteiger partial charge in [-0.05, 0) is 37.1 Å². The third kappa shape index (κ3) is 2.43. The molecule has 1 aromatic rings. The minimum Gasteiger partial charge on any atom is -0.274 e. The molecule has 0 fully saturated rings. The monoisotopic (exact) mass is 205 g/mol. The summed E-state index contributed by atoms with van der Waals surface area (Å²) in [5.41, 5.74) is 2.85. The highest BCUT2D eigenvalue weighted by molar-refractivity contribution is 6.13. The van der Waals surface area contributed by atoms with Crippen LogP contribution in [0.3, 0.4) is 0 Å². The summed E-state index contributed by atoms with van der Waals surface area (Å²) in [5.74, 6) is -0.517. The van der Waals surface area contributed by atoms with Crippen molar-refractivity contribution in [3.8, 4) is 0 Å². The van der Waals surface area contributed by atoms with E-state index in [2.05, 4.69) is 0 Å². The van der Waals surface area contributed by atoms with Gasteiger partial charge in [-0.25, -0.2) is 0 Å². The molecule has 3 nitrogen and oxygen atoms in total. The van der Waals surface area contributed by atoms with Crippen LogP contribution < -0.4 is 4.90 Å². The number of nitrogens with zero attached hydrogens (tertiary/aromatic N) is 1. The summed E-state index contributed by atoms with van der Waals surface area (Å²) in [4.78, 5) is 23.7. The molecule has 1 aromatic carbocycles. The molecule has 1 rings (SSSR count). The fraction of sp³-hybridized carbons (Fsp3) is 0.333. The van der Waals surface area contributed by atoms with Crippen LogP contribution in [-0.2, 0) is 9.59 Å². The maximum absolute atomic E-state index is 11.3. The molecule has 0 heterocycles. The highest BCUT2D eigenvalue weighted by Gasteiger charge is 2.16. The van der Waals surface area contributed by atoms with Crippen molar-refractivity contribution >= 4 is 17.5 Å². The van der Waals surface area contributed by atoms with Crippen LogP contribution in [-0.4, -0.2) is 11.8 Å². The zero-order valence-corrected chi connectivity index (χ0v) is 9.50. The lowest BCUT2D eigenvalue weighted by Gasteiger charge is -2.18. The van der Waals surface area contributed by atoms with E-state index in [0.717, 1.165) is 11.1 Å². The molecule has 0 atom stereocenters. The molecule has 0 saturated heterocycles. The van der Waals surface area contributed by atoms with Crippen LogP contribution in [0.4, 0.5) is 5.69 Å². The third-order valence-electron chi connectivity index (χ3n) is 2.38. The number of hydrogen-bond acceptors (Lipinski definition) is 2. The summed E-state index contributed by atoms with van der Waals surface area (Å²) < 4.78 is 0. The van der Waals surface area contributed by atoms with Gasteiger partial charge in [-0.2, -0.15) is 0 Å². The zero-order chi connectivity index (χ0) is 11.6. The van der Waals surface area contributed by atoms with Crippen LogP contribution >= 0.6 is 0 Å². The SMILES string of the molecule is CC(=O)N(C(C)=O)c1ccc(C)c(C)c1. The molecule has 0 aliphatic heterocycles. The van der Waals surface area contributed by atoms with E-state index in [1.165, 1.54) is 18.7 Å². The largest absolute Gasteiger partial charge is 0.274 e. The first-order valence-corrected chi connectivity index (χ1v) is 4.82. The zero-order valence-electron chi connectivity index (χ0n) is 9.50. The minimum absolute atomic E-state index is 0.259. The van der Waals surface area contributed by atoms with Gasteiger partial charge in [0.2, 0.25) is 11.8 Å². The number of aryl methyl sites for hydroxylation is 2. The Morgan fingerprint density at radius 2 is 1.53 bits per heavy atom. The van der Waals surface area contributed by atoms with Gasteiger partial charge >= 0.3 is 0 Å². The van der Waals surface area contributed by atoms with Gasteiger partial charge in [0.15, 0.2) is 0 Å². The first kappa shape index (κ1) is 11.4. The lowest BCUT2D eigenvalue weighted by atomic mass is 10.1. The standard InChI is InChI=1S/C12H15NO2/c1-8-5-6-12(7-9(8)2)13(10(3)14)11(4)15/h5-7H,1-4H3. The van der Waals surface area contributed by atoms with Crippen molar-refractivity contribution in [2.45, 2.75) is 27.7 Å². The Balaban J connectivity index is 3.18. The number of benzene rings is 1. The van der Waals surface area contributed by atoms with E-state index in [0.29, 0.717) is 5.69 Å². The fourth-order valence-corrected chi connectivity index (χ4v) is 1.45. The summed E-state index contributed by atoms with van der Waals surface area (Å²) in [6, 6.07) is 5.53. The molecule has 0 aliphatic rings. The van der Waals surface area contributed by atoms with E-state index in [1.54, 1.807) is 6.07 Å². The van der Waals surface area contributed by atoms with Gasteiger partial charge in [0, 0.05) is 13.8 Å².